The fraction of sp³-hybridized carbons (Fsp3) is 0.417. The van der Waals surface area contributed by atoms with Crippen molar-refractivity contribution in [1.29, 1.82) is 0 Å². The molecular weight excluding hydrogens is 222 g/mol. The molecule has 0 saturated carbocycles. The van der Waals surface area contributed by atoms with Gasteiger partial charge in [0.2, 0.25) is 0 Å². The second-order valence-corrected chi connectivity index (χ2v) is 3.82. The van der Waals surface area contributed by atoms with E-state index >= 15 is 0 Å². The summed E-state index contributed by atoms with van der Waals surface area (Å²) >= 11 is 0. The van der Waals surface area contributed by atoms with E-state index in [0.29, 0.717) is 31.9 Å². The number of hydrogen-bond donors (Lipinski definition) is 2. The molecule has 1 atom stereocenters. The zero-order valence-electron chi connectivity index (χ0n) is 9.39. The third kappa shape index (κ3) is 3.44. The molecule has 17 heavy (non-hydrogen) atoms. The fourth-order valence-electron chi connectivity index (χ4n) is 1.58. The zero-order valence-corrected chi connectivity index (χ0v) is 9.39. The molecule has 1 aromatic rings. The zero-order chi connectivity index (χ0) is 12.1. The number of carbonyl (C=O) groups excluding carboxylic acids is 1. The van der Waals surface area contributed by atoms with Crippen LogP contribution in [0.25, 0.3) is 0 Å². The highest BCUT2D eigenvalue weighted by atomic mass is 16.6. The maximum atomic E-state index is 11.7. The van der Waals surface area contributed by atoms with E-state index in [-0.39, 0.29) is 17.8 Å². The number of carbonyl (C=O) groups is 1. The van der Waals surface area contributed by atoms with Crippen LogP contribution in [-0.4, -0.2) is 43.5 Å². The van der Waals surface area contributed by atoms with Crippen molar-refractivity contribution >= 4 is 5.91 Å². The van der Waals surface area contributed by atoms with Crippen molar-refractivity contribution in [3.05, 3.63) is 29.8 Å². The normalized spacial score (nSPS) is 19.9. The largest absolute Gasteiger partial charge is 0.508 e. The molecule has 1 heterocycles. The van der Waals surface area contributed by atoms with Gasteiger partial charge in [0.1, 0.15) is 5.75 Å². The number of amides is 1. The lowest BCUT2D eigenvalue weighted by molar-refractivity contribution is -0.0855. The first-order chi connectivity index (χ1) is 8.25. The summed E-state index contributed by atoms with van der Waals surface area (Å²) in [6.07, 6.45) is -0.0789. The van der Waals surface area contributed by atoms with E-state index in [0.717, 1.165) is 0 Å². The molecule has 5 heteroatoms. The predicted octanol–water partition coefficient (Wildman–Crippen LogP) is 0.537. The molecule has 5 nitrogen and oxygen atoms in total. The molecule has 1 aliphatic rings. The third-order valence-corrected chi connectivity index (χ3v) is 2.50. The first kappa shape index (κ1) is 11.9. The molecule has 1 unspecified atom stereocenters. The summed E-state index contributed by atoms with van der Waals surface area (Å²) in [6.45, 7) is 2.12. The van der Waals surface area contributed by atoms with Gasteiger partial charge in [-0.3, -0.25) is 4.79 Å². The van der Waals surface area contributed by atoms with Crippen molar-refractivity contribution in [3.8, 4) is 5.75 Å². The summed E-state index contributed by atoms with van der Waals surface area (Å²) in [5.41, 5.74) is 0.513. The van der Waals surface area contributed by atoms with Crippen molar-refractivity contribution in [3.63, 3.8) is 0 Å². The Morgan fingerprint density at radius 2 is 2.12 bits per heavy atom. The van der Waals surface area contributed by atoms with Crippen LogP contribution in [0.3, 0.4) is 0 Å². The Morgan fingerprint density at radius 1 is 1.35 bits per heavy atom. The van der Waals surface area contributed by atoms with Gasteiger partial charge in [0.05, 0.1) is 25.9 Å². The van der Waals surface area contributed by atoms with Crippen molar-refractivity contribution < 1.29 is 19.4 Å². The summed E-state index contributed by atoms with van der Waals surface area (Å²) in [4.78, 5) is 11.7. The van der Waals surface area contributed by atoms with Crippen LogP contribution >= 0.6 is 0 Å². The number of phenols is 1. The average molecular weight is 237 g/mol. The molecule has 0 aliphatic carbocycles. The number of hydrogen-bond acceptors (Lipinski definition) is 4. The minimum Gasteiger partial charge on any atom is -0.508 e. The van der Waals surface area contributed by atoms with Gasteiger partial charge in [-0.15, -0.1) is 0 Å². The lowest BCUT2D eigenvalue weighted by Crippen LogP contribution is -2.39. The van der Waals surface area contributed by atoms with E-state index < -0.39 is 0 Å². The average Bonchev–Trinajstić information content (AvgIpc) is 2.38. The Bertz CT molecular complexity index is 371. The fourth-order valence-corrected chi connectivity index (χ4v) is 1.58. The highest BCUT2D eigenvalue weighted by molar-refractivity contribution is 5.94. The second kappa shape index (κ2) is 5.65. The molecule has 1 saturated heterocycles. The van der Waals surface area contributed by atoms with Crippen LogP contribution < -0.4 is 5.32 Å². The van der Waals surface area contributed by atoms with Crippen LogP contribution in [0.5, 0.6) is 5.75 Å². The topological polar surface area (TPSA) is 67.8 Å². The van der Waals surface area contributed by atoms with Crippen LogP contribution in [-0.2, 0) is 9.47 Å². The third-order valence-electron chi connectivity index (χ3n) is 2.50. The number of rotatable bonds is 3. The molecule has 1 amide bonds. The van der Waals surface area contributed by atoms with Gasteiger partial charge in [-0.25, -0.2) is 0 Å². The summed E-state index contributed by atoms with van der Waals surface area (Å²) in [7, 11) is 0. The standard InChI is InChI=1S/C12H15NO4/c14-10-3-1-9(2-4-10)12(15)13-7-11-8-16-5-6-17-11/h1-4,11,14H,5-8H2,(H,13,15). The van der Waals surface area contributed by atoms with E-state index in [9.17, 15) is 4.79 Å². The monoisotopic (exact) mass is 237 g/mol. The predicted molar refractivity (Wildman–Crippen MR) is 61.0 cm³/mol. The molecular formula is C12H15NO4. The van der Waals surface area contributed by atoms with Crippen LogP contribution in [0.2, 0.25) is 0 Å². The summed E-state index contributed by atoms with van der Waals surface area (Å²) in [5.74, 6) is -0.0373. The minimum absolute atomic E-state index is 0.0789. The van der Waals surface area contributed by atoms with E-state index in [4.69, 9.17) is 14.6 Å². The quantitative estimate of drug-likeness (QED) is 0.805. The molecule has 1 aromatic carbocycles. The number of aromatic hydroxyl groups is 1. The molecule has 2 rings (SSSR count). The van der Waals surface area contributed by atoms with Gasteiger partial charge >= 0.3 is 0 Å². The van der Waals surface area contributed by atoms with Crippen molar-refractivity contribution in [1.82, 2.24) is 5.32 Å². The molecule has 2 N–H and O–H groups in total. The number of phenolic OH excluding ortho intramolecular Hbond substituents is 1. The SMILES string of the molecule is O=C(NCC1COCCO1)c1ccc(O)cc1. The maximum Gasteiger partial charge on any atom is 0.251 e. The Kier molecular flexibility index (Phi) is 3.95. The highest BCUT2D eigenvalue weighted by Gasteiger charge is 2.15. The van der Waals surface area contributed by atoms with Crippen molar-refractivity contribution in [2.45, 2.75) is 6.10 Å². The lowest BCUT2D eigenvalue weighted by Gasteiger charge is -2.23. The highest BCUT2D eigenvalue weighted by Crippen LogP contribution is 2.09. The van der Waals surface area contributed by atoms with Gasteiger partial charge in [-0.2, -0.15) is 0 Å². The molecule has 0 aromatic heterocycles. The van der Waals surface area contributed by atoms with Gasteiger partial charge in [0.15, 0.2) is 0 Å². The first-order valence-corrected chi connectivity index (χ1v) is 5.52. The summed E-state index contributed by atoms with van der Waals surface area (Å²) in [6, 6.07) is 6.11. The first-order valence-electron chi connectivity index (χ1n) is 5.52. The number of ether oxygens (including phenoxy) is 2. The van der Waals surface area contributed by atoms with Crippen LogP contribution in [0.15, 0.2) is 24.3 Å². The van der Waals surface area contributed by atoms with Gasteiger partial charge in [0, 0.05) is 12.1 Å². The Labute approximate surface area is 99.3 Å². The van der Waals surface area contributed by atoms with E-state index in [1.165, 1.54) is 12.1 Å². The van der Waals surface area contributed by atoms with Gasteiger partial charge in [0.25, 0.3) is 5.91 Å². The Morgan fingerprint density at radius 3 is 2.76 bits per heavy atom. The van der Waals surface area contributed by atoms with Crippen LogP contribution in [0.4, 0.5) is 0 Å². The van der Waals surface area contributed by atoms with E-state index in [2.05, 4.69) is 5.32 Å². The summed E-state index contributed by atoms with van der Waals surface area (Å²) in [5, 5.41) is 11.9. The van der Waals surface area contributed by atoms with Gasteiger partial charge in [-0.05, 0) is 24.3 Å². The second-order valence-electron chi connectivity index (χ2n) is 3.82. The molecule has 1 aliphatic heterocycles. The van der Waals surface area contributed by atoms with E-state index in [1.807, 2.05) is 0 Å². The Balaban J connectivity index is 1.82. The lowest BCUT2D eigenvalue weighted by atomic mass is 10.2. The maximum absolute atomic E-state index is 11.7. The number of benzene rings is 1. The molecule has 1 fully saturated rings. The van der Waals surface area contributed by atoms with E-state index in [1.54, 1.807) is 12.1 Å². The molecule has 0 bridgehead atoms. The molecule has 92 valence electrons. The Hall–Kier alpha value is -1.59. The minimum atomic E-state index is -0.181. The van der Waals surface area contributed by atoms with Gasteiger partial charge in [-0.1, -0.05) is 0 Å². The van der Waals surface area contributed by atoms with Crippen molar-refractivity contribution in [2.75, 3.05) is 26.4 Å². The summed E-state index contributed by atoms with van der Waals surface area (Å²) < 4.78 is 10.6. The smallest absolute Gasteiger partial charge is 0.251 e. The van der Waals surface area contributed by atoms with Crippen LogP contribution in [0, 0.1) is 0 Å². The molecule has 0 radical (unpaired) electrons. The van der Waals surface area contributed by atoms with Crippen LogP contribution in [0.1, 0.15) is 10.4 Å². The van der Waals surface area contributed by atoms with Crippen molar-refractivity contribution in [2.24, 2.45) is 0 Å². The number of nitrogens with one attached hydrogen (secondary N) is 1. The molecule has 0 spiro atoms. The van der Waals surface area contributed by atoms with Gasteiger partial charge < -0.3 is 19.9 Å².